The van der Waals surface area contributed by atoms with Crippen LogP contribution in [0.2, 0.25) is 0 Å². The molecule has 2 amide bonds. The van der Waals surface area contributed by atoms with E-state index in [4.69, 9.17) is 0 Å². The van der Waals surface area contributed by atoms with E-state index in [0.717, 1.165) is 71.4 Å². The second kappa shape index (κ2) is 14.8. The summed E-state index contributed by atoms with van der Waals surface area (Å²) in [6, 6.07) is 44.1. The van der Waals surface area contributed by atoms with E-state index in [1.807, 2.05) is 91.0 Å². The number of rotatable bonds is 9. The van der Waals surface area contributed by atoms with E-state index in [0.29, 0.717) is 5.57 Å². The zero-order chi connectivity index (χ0) is 33.3. The van der Waals surface area contributed by atoms with Crippen LogP contribution in [-0.4, -0.2) is 20.5 Å². The highest BCUT2D eigenvalue weighted by atomic mass is 32.2. The number of hydrogen-bond acceptors (Lipinski definition) is 5. The summed E-state index contributed by atoms with van der Waals surface area (Å²) in [4.78, 5) is 14.5. The zero-order valence-corrected chi connectivity index (χ0v) is 27.2. The average Bonchev–Trinajstić information content (AvgIpc) is 3.12. The van der Waals surface area contributed by atoms with Crippen molar-refractivity contribution in [3.8, 4) is 17.2 Å². The molecule has 5 aromatic carbocycles. The van der Waals surface area contributed by atoms with E-state index in [9.17, 15) is 18.5 Å². The quantitative estimate of drug-likeness (QED) is 0.122. The van der Waals surface area contributed by atoms with E-state index in [2.05, 4.69) is 45.3 Å². The predicted octanol–water partition coefficient (Wildman–Crippen LogP) is 9.21. The fourth-order valence-corrected chi connectivity index (χ4v) is 6.89. The Bertz CT molecular complexity index is 1980. The molecule has 240 valence electrons. The molecule has 0 heterocycles. The van der Waals surface area contributed by atoms with Gasteiger partial charge in [-0.1, -0.05) is 104 Å². The van der Waals surface area contributed by atoms with E-state index in [-0.39, 0.29) is 10.9 Å². The number of hydrogen-bond donors (Lipinski definition) is 2. The molecular formula is C40H36N4O3S. The normalized spacial score (nSPS) is 13.7. The fourth-order valence-electron chi connectivity index (χ4n) is 5.98. The number of nitriles is 1. The second-order valence-electron chi connectivity index (χ2n) is 11.8. The smallest absolute Gasteiger partial charge is 0.328 e. The van der Waals surface area contributed by atoms with Crippen molar-refractivity contribution in [1.29, 1.82) is 5.26 Å². The van der Waals surface area contributed by atoms with E-state index < -0.39 is 16.1 Å². The predicted molar refractivity (Wildman–Crippen MR) is 192 cm³/mol. The van der Waals surface area contributed by atoms with Crippen molar-refractivity contribution in [1.82, 2.24) is 10.0 Å². The maximum atomic E-state index is 12.8. The molecule has 1 aliphatic carbocycles. The molecule has 0 aliphatic heterocycles. The Kier molecular flexibility index (Phi) is 9.99. The molecule has 1 aliphatic rings. The lowest BCUT2D eigenvalue weighted by Gasteiger charge is -2.25. The number of para-hydroxylation sites is 2. The van der Waals surface area contributed by atoms with Crippen LogP contribution in [0.15, 0.2) is 138 Å². The second-order valence-corrected chi connectivity index (χ2v) is 13.5. The van der Waals surface area contributed by atoms with E-state index >= 15 is 0 Å². The van der Waals surface area contributed by atoms with E-state index in [1.165, 1.54) is 12.1 Å². The third-order valence-corrected chi connectivity index (χ3v) is 9.82. The summed E-state index contributed by atoms with van der Waals surface area (Å²) in [5, 5.41) is 12.8. The number of nitrogens with zero attached hydrogens (tertiary/aromatic N) is 2. The fraction of sp³-hybridized carbons (Fsp3) is 0.150. The van der Waals surface area contributed by atoms with Gasteiger partial charge in [-0.25, -0.2) is 17.9 Å². The summed E-state index contributed by atoms with van der Waals surface area (Å²) >= 11 is 0. The van der Waals surface area contributed by atoms with Crippen molar-refractivity contribution in [2.24, 2.45) is 0 Å². The van der Waals surface area contributed by atoms with Gasteiger partial charge in [0.1, 0.15) is 0 Å². The lowest BCUT2D eigenvalue weighted by atomic mass is 9.96. The minimum absolute atomic E-state index is 0.00653. The molecule has 1 saturated carbocycles. The Labute approximate surface area is 282 Å². The third-order valence-electron chi connectivity index (χ3n) is 8.47. The number of amides is 2. The van der Waals surface area contributed by atoms with Gasteiger partial charge in [0.2, 0.25) is 0 Å². The van der Waals surface area contributed by atoms with Gasteiger partial charge in [-0.05, 0) is 89.7 Å². The lowest BCUT2D eigenvalue weighted by Crippen LogP contribution is -2.45. The Morgan fingerprint density at radius 2 is 1.21 bits per heavy atom. The molecule has 5 aromatic rings. The standard InChI is InChI=1S/C40H36N4O3S/c41-29-34(28-30-16-24-38(25-17-30)44(36-12-6-2-7-13-36)37-14-8-3-9-15-37)33-20-18-31(19-21-33)32-22-26-39(27-23-32)48(46,47)43-40(45)42-35-10-4-1-5-11-35/h2-3,6-9,12-28,35H,1,4-5,10-11H2,(H2,42,43,45). The van der Waals surface area contributed by atoms with Gasteiger partial charge in [-0.15, -0.1) is 0 Å². The Morgan fingerprint density at radius 1 is 0.688 bits per heavy atom. The van der Waals surface area contributed by atoms with Gasteiger partial charge in [-0.3, -0.25) is 0 Å². The Hall–Kier alpha value is -5.65. The zero-order valence-electron chi connectivity index (χ0n) is 26.4. The molecule has 6 rings (SSSR count). The monoisotopic (exact) mass is 652 g/mol. The summed E-state index contributed by atoms with van der Waals surface area (Å²) in [6.45, 7) is 0. The molecule has 0 spiro atoms. The molecule has 48 heavy (non-hydrogen) atoms. The van der Waals surface area contributed by atoms with Crippen molar-refractivity contribution in [3.63, 3.8) is 0 Å². The van der Waals surface area contributed by atoms with Gasteiger partial charge in [0, 0.05) is 23.1 Å². The van der Waals surface area contributed by atoms with Crippen LogP contribution in [0.1, 0.15) is 43.2 Å². The highest BCUT2D eigenvalue weighted by molar-refractivity contribution is 7.90. The largest absolute Gasteiger partial charge is 0.335 e. The maximum absolute atomic E-state index is 12.8. The number of nitrogens with one attached hydrogen (secondary N) is 2. The number of benzene rings is 5. The highest BCUT2D eigenvalue weighted by Crippen LogP contribution is 2.34. The molecular weight excluding hydrogens is 617 g/mol. The minimum Gasteiger partial charge on any atom is -0.335 e. The average molecular weight is 653 g/mol. The van der Waals surface area contributed by atoms with Crippen LogP contribution in [-0.2, 0) is 10.0 Å². The SMILES string of the molecule is N#CC(=Cc1ccc(N(c2ccccc2)c2ccccc2)cc1)c1ccc(-c2ccc(S(=O)(=O)NC(=O)NC3CCCCC3)cc2)cc1. The van der Waals surface area contributed by atoms with Gasteiger partial charge in [0.25, 0.3) is 10.0 Å². The topological polar surface area (TPSA) is 102 Å². The van der Waals surface area contributed by atoms with Crippen molar-refractivity contribution < 1.29 is 13.2 Å². The van der Waals surface area contributed by atoms with Crippen molar-refractivity contribution in [2.45, 2.75) is 43.0 Å². The van der Waals surface area contributed by atoms with Gasteiger partial charge in [-0.2, -0.15) is 5.26 Å². The number of carbonyl (C=O) groups excluding carboxylic acids is 1. The van der Waals surface area contributed by atoms with Crippen molar-refractivity contribution in [3.05, 3.63) is 145 Å². The van der Waals surface area contributed by atoms with Gasteiger partial charge in [0.15, 0.2) is 0 Å². The van der Waals surface area contributed by atoms with Crippen molar-refractivity contribution >= 4 is 44.8 Å². The van der Waals surface area contributed by atoms with Crippen LogP contribution in [0, 0.1) is 11.3 Å². The van der Waals surface area contributed by atoms with Crippen LogP contribution in [0.5, 0.6) is 0 Å². The lowest BCUT2D eigenvalue weighted by molar-refractivity contribution is 0.237. The first-order valence-corrected chi connectivity index (χ1v) is 17.5. The Balaban J connectivity index is 1.14. The first-order valence-electron chi connectivity index (χ1n) is 16.1. The van der Waals surface area contributed by atoms with E-state index in [1.54, 1.807) is 12.1 Å². The van der Waals surface area contributed by atoms with Crippen LogP contribution < -0.4 is 14.9 Å². The number of sulfonamides is 1. The molecule has 0 saturated heterocycles. The minimum atomic E-state index is -4.00. The summed E-state index contributed by atoms with van der Waals surface area (Å²) < 4.78 is 27.7. The van der Waals surface area contributed by atoms with Gasteiger partial charge >= 0.3 is 6.03 Å². The van der Waals surface area contributed by atoms with Crippen LogP contribution in [0.4, 0.5) is 21.9 Å². The number of carbonyl (C=O) groups is 1. The molecule has 8 heteroatoms. The molecule has 7 nitrogen and oxygen atoms in total. The molecule has 0 bridgehead atoms. The van der Waals surface area contributed by atoms with Gasteiger partial charge in [0.05, 0.1) is 16.5 Å². The van der Waals surface area contributed by atoms with Crippen molar-refractivity contribution in [2.75, 3.05) is 4.90 Å². The van der Waals surface area contributed by atoms with Crippen LogP contribution in [0.3, 0.4) is 0 Å². The van der Waals surface area contributed by atoms with Gasteiger partial charge < -0.3 is 10.2 Å². The highest BCUT2D eigenvalue weighted by Gasteiger charge is 2.21. The summed E-state index contributed by atoms with van der Waals surface area (Å²) in [7, 11) is -4.00. The molecule has 0 unspecified atom stereocenters. The van der Waals surface area contributed by atoms with Crippen LogP contribution >= 0.6 is 0 Å². The third kappa shape index (κ3) is 7.83. The number of anilines is 3. The summed E-state index contributed by atoms with van der Waals surface area (Å²) in [5.74, 6) is 0. The molecule has 0 atom stereocenters. The summed E-state index contributed by atoms with van der Waals surface area (Å²) in [6.07, 6.45) is 6.80. The molecule has 0 aromatic heterocycles. The molecule has 1 fully saturated rings. The summed E-state index contributed by atoms with van der Waals surface area (Å²) in [5.41, 5.74) is 6.98. The molecule has 0 radical (unpaired) electrons. The maximum Gasteiger partial charge on any atom is 0.328 e. The number of allylic oxidation sites excluding steroid dienone is 1. The first kappa shape index (κ1) is 32.3. The first-order chi connectivity index (χ1) is 23.4. The van der Waals surface area contributed by atoms with Crippen LogP contribution in [0.25, 0.3) is 22.8 Å². The number of urea groups is 1. The molecule has 2 N–H and O–H groups in total. The Morgan fingerprint density at radius 3 is 1.75 bits per heavy atom.